The molecule has 0 amide bonds. The molecule has 1 aliphatic heterocycles. The Labute approximate surface area is 152 Å². The summed E-state index contributed by atoms with van der Waals surface area (Å²) in [6, 6.07) is 24.4. The Kier molecular flexibility index (Phi) is 4.33. The van der Waals surface area contributed by atoms with Gasteiger partial charge in [0.25, 0.3) is 0 Å². The van der Waals surface area contributed by atoms with Crippen LogP contribution in [0.2, 0.25) is 0 Å². The topological polar surface area (TPSA) is 32.6 Å². The van der Waals surface area contributed by atoms with Crippen LogP contribution in [0.4, 0.5) is 5.69 Å². The van der Waals surface area contributed by atoms with Gasteiger partial charge in [0.05, 0.1) is 5.69 Å². The predicted octanol–water partition coefficient (Wildman–Crippen LogP) is 6.06. The molecular formula is C22H19NOS. The molecule has 0 aliphatic carbocycles. The van der Waals surface area contributed by atoms with E-state index in [2.05, 4.69) is 49.4 Å². The van der Waals surface area contributed by atoms with Gasteiger partial charge in [-0.25, -0.2) is 0 Å². The molecule has 25 heavy (non-hydrogen) atoms. The third-order valence-corrected chi connectivity index (χ3v) is 5.72. The molecule has 3 aromatic rings. The van der Waals surface area contributed by atoms with Gasteiger partial charge in [-0.05, 0) is 42.3 Å². The molecule has 1 heterocycles. The average Bonchev–Trinajstić information content (AvgIpc) is 2.82. The van der Waals surface area contributed by atoms with Gasteiger partial charge in [0.1, 0.15) is 5.75 Å². The summed E-state index contributed by atoms with van der Waals surface area (Å²) in [7, 11) is 0. The Hall–Kier alpha value is -2.52. The number of aryl methyl sites for hydroxylation is 1. The van der Waals surface area contributed by atoms with Crippen LogP contribution in [0.5, 0.6) is 5.75 Å². The summed E-state index contributed by atoms with van der Waals surface area (Å²) in [5.41, 5.74) is 5.57. The van der Waals surface area contributed by atoms with Crippen LogP contribution in [0.25, 0.3) is 0 Å². The summed E-state index contributed by atoms with van der Waals surface area (Å²) >= 11 is 1.86. The molecule has 1 aliphatic rings. The first-order valence-electron chi connectivity index (χ1n) is 8.38. The van der Waals surface area contributed by atoms with E-state index in [-0.39, 0.29) is 5.75 Å². The van der Waals surface area contributed by atoms with Crippen molar-refractivity contribution in [3.8, 4) is 5.75 Å². The molecular weight excluding hydrogens is 326 g/mol. The number of hydrogen-bond donors (Lipinski definition) is 1. The van der Waals surface area contributed by atoms with E-state index in [4.69, 9.17) is 4.99 Å². The SMILES string of the molecule is Cc1ccc(C2CC(c3cccc(O)c3)=Nc3ccccc3S2)cc1. The summed E-state index contributed by atoms with van der Waals surface area (Å²) in [5, 5.41) is 10.2. The minimum absolute atomic E-state index is 0.275. The highest BCUT2D eigenvalue weighted by Crippen LogP contribution is 2.45. The van der Waals surface area contributed by atoms with Gasteiger partial charge in [-0.15, -0.1) is 11.8 Å². The molecule has 1 N–H and O–H groups in total. The van der Waals surface area contributed by atoms with E-state index < -0.39 is 0 Å². The van der Waals surface area contributed by atoms with E-state index in [1.165, 1.54) is 16.0 Å². The van der Waals surface area contributed by atoms with Gasteiger partial charge in [0.15, 0.2) is 0 Å². The Morgan fingerprint density at radius 2 is 1.76 bits per heavy atom. The van der Waals surface area contributed by atoms with Crippen LogP contribution < -0.4 is 0 Å². The van der Waals surface area contributed by atoms with Gasteiger partial charge >= 0.3 is 0 Å². The van der Waals surface area contributed by atoms with Crippen molar-refractivity contribution in [2.45, 2.75) is 23.5 Å². The van der Waals surface area contributed by atoms with Gasteiger partial charge in [-0.3, -0.25) is 4.99 Å². The van der Waals surface area contributed by atoms with Gasteiger partial charge in [-0.1, -0.05) is 54.1 Å². The van der Waals surface area contributed by atoms with Crippen molar-refractivity contribution >= 4 is 23.2 Å². The van der Waals surface area contributed by atoms with Gasteiger partial charge in [0, 0.05) is 22.3 Å². The number of aliphatic imine (C=N–C) groups is 1. The number of phenols is 1. The molecule has 3 heteroatoms. The lowest BCUT2D eigenvalue weighted by Crippen LogP contribution is -2.05. The Balaban J connectivity index is 1.80. The number of para-hydroxylation sites is 1. The van der Waals surface area contributed by atoms with E-state index in [0.29, 0.717) is 5.25 Å². The molecule has 124 valence electrons. The Bertz CT molecular complexity index is 931. The third-order valence-electron chi connectivity index (χ3n) is 4.40. The lowest BCUT2D eigenvalue weighted by atomic mass is 10.0. The summed E-state index contributed by atoms with van der Waals surface area (Å²) in [5.74, 6) is 0.275. The summed E-state index contributed by atoms with van der Waals surface area (Å²) < 4.78 is 0. The first-order valence-corrected chi connectivity index (χ1v) is 9.26. The Morgan fingerprint density at radius 1 is 0.960 bits per heavy atom. The highest BCUT2D eigenvalue weighted by molar-refractivity contribution is 7.99. The minimum atomic E-state index is 0.275. The lowest BCUT2D eigenvalue weighted by Gasteiger charge is -2.16. The summed E-state index contributed by atoms with van der Waals surface area (Å²) in [6.07, 6.45) is 0.825. The first kappa shape index (κ1) is 16.0. The quantitative estimate of drug-likeness (QED) is 0.612. The van der Waals surface area contributed by atoms with Crippen LogP contribution in [-0.4, -0.2) is 10.8 Å². The molecule has 0 saturated carbocycles. The van der Waals surface area contributed by atoms with E-state index in [0.717, 1.165) is 23.4 Å². The number of thioether (sulfide) groups is 1. The van der Waals surface area contributed by atoms with Crippen molar-refractivity contribution in [1.82, 2.24) is 0 Å². The van der Waals surface area contributed by atoms with E-state index in [1.54, 1.807) is 12.1 Å². The number of aromatic hydroxyl groups is 1. The van der Waals surface area contributed by atoms with Crippen molar-refractivity contribution in [2.24, 2.45) is 4.99 Å². The van der Waals surface area contributed by atoms with Crippen molar-refractivity contribution in [3.63, 3.8) is 0 Å². The van der Waals surface area contributed by atoms with Gasteiger partial charge in [0.2, 0.25) is 0 Å². The second-order valence-corrected chi connectivity index (χ2v) is 7.54. The van der Waals surface area contributed by atoms with Crippen LogP contribution >= 0.6 is 11.8 Å². The summed E-state index contributed by atoms with van der Waals surface area (Å²) in [6.45, 7) is 2.11. The van der Waals surface area contributed by atoms with Crippen molar-refractivity contribution in [3.05, 3.63) is 89.5 Å². The molecule has 0 fully saturated rings. The van der Waals surface area contributed by atoms with Crippen LogP contribution in [0.1, 0.15) is 28.4 Å². The number of hydrogen-bond acceptors (Lipinski definition) is 3. The predicted molar refractivity (Wildman–Crippen MR) is 105 cm³/mol. The molecule has 0 saturated heterocycles. The maximum Gasteiger partial charge on any atom is 0.116 e. The third kappa shape index (κ3) is 3.47. The molecule has 1 atom stereocenters. The molecule has 0 bridgehead atoms. The molecule has 0 aromatic heterocycles. The fraction of sp³-hybridized carbons (Fsp3) is 0.136. The monoisotopic (exact) mass is 345 g/mol. The molecule has 4 rings (SSSR count). The smallest absolute Gasteiger partial charge is 0.116 e. The van der Waals surface area contributed by atoms with Crippen LogP contribution in [0.3, 0.4) is 0 Å². The molecule has 3 aromatic carbocycles. The fourth-order valence-electron chi connectivity index (χ4n) is 3.05. The minimum Gasteiger partial charge on any atom is -0.508 e. The fourth-order valence-corrected chi connectivity index (χ4v) is 4.28. The zero-order valence-corrected chi connectivity index (χ0v) is 14.8. The lowest BCUT2D eigenvalue weighted by molar-refractivity contribution is 0.475. The number of phenolic OH excluding ortho intramolecular Hbond substituents is 1. The molecule has 2 nitrogen and oxygen atoms in total. The average molecular weight is 345 g/mol. The standard InChI is InChI=1S/C22H19NOS/c1-15-9-11-16(12-10-15)22-14-20(17-5-4-6-18(24)13-17)23-19-7-2-3-8-21(19)25-22/h2-13,22,24H,14H2,1H3. The largest absolute Gasteiger partial charge is 0.508 e. The Morgan fingerprint density at radius 3 is 2.56 bits per heavy atom. The maximum atomic E-state index is 9.86. The number of rotatable bonds is 2. The number of fused-ring (bicyclic) bond motifs is 1. The van der Waals surface area contributed by atoms with E-state index in [9.17, 15) is 5.11 Å². The van der Waals surface area contributed by atoms with Crippen LogP contribution in [0.15, 0.2) is 82.7 Å². The molecule has 0 radical (unpaired) electrons. The zero-order valence-electron chi connectivity index (χ0n) is 14.0. The highest BCUT2D eigenvalue weighted by Gasteiger charge is 2.22. The van der Waals surface area contributed by atoms with Crippen LogP contribution in [-0.2, 0) is 0 Å². The van der Waals surface area contributed by atoms with E-state index in [1.807, 2.05) is 30.0 Å². The first-order chi connectivity index (χ1) is 12.2. The molecule has 1 unspecified atom stereocenters. The number of nitrogens with zero attached hydrogens (tertiary/aromatic N) is 1. The molecule has 0 spiro atoms. The second-order valence-electron chi connectivity index (χ2n) is 6.30. The van der Waals surface area contributed by atoms with Crippen LogP contribution in [0, 0.1) is 6.92 Å². The normalized spacial score (nSPS) is 16.7. The highest BCUT2D eigenvalue weighted by atomic mass is 32.2. The van der Waals surface area contributed by atoms with Crippen molar-refractivity contribution in [1.29, 1.82) is 0 Å². The van der Waals surface area contributed by atoms with E-state index >= 15 is 0 Å². The van der Waals surface area contributed by atoms with Crippen molar-refractivity contribution in [2.75, 3.05) is 0 Å². The van der Waals surface area contributed by atoms with Gasteiger partial charge < -0.3 is 5.11 Å². The summed E-state index contributed by atoms with van der Waals surface area (Å²) in [4.78, 5) is 6.13. The second kappa shape index (κ2) is 6.77. The van der Waals surface area contributed by atoms with Crippen molar-refractivity contribution < 1.29 is 5.11 Å². The number of benzene rings is 3. The van der Waals surface area contributed by atoms with Gasteiger partial charge in [-0.2, -0.15) is 0 Å². The maximum absolute atomic E-state index is 9.86. The zero-order chi connectivity index (χ0) is 17.2.